The van der Waals surface area contributed by atoms with E-state index in [2.05, 4.69) is 0 Å². The van der Waals surface area contributed by atoms with Crippen molar-refractivity contribution in [2.45, 2.75) is 0 Å². The highest BCUT2D eigenvalue weighted by molar-refractivity contribution is 5.04. The molecule has 0 aliphatic heterocycles. The third kappa shape index (κ3) is 1.15. The van der Waals surface area contributed by atoms with Crippen LogP contribution in [-0.2, 0) is 0 Å². The number of furan rings is 1. The lowest BCUT2D eigenvalue weighted by atomic mass is 10.5. The quantitative estimate of drug-likeness (QED) is 0.558. The van der Waals surface area contributed by atoms with Crippen molar-refractivity contribution in [1.82, 2.24) is 0 Å². The first kappa shape index (κ1) is 6.16. The molecule has 0 fully saturated rings. The van der Waals surface area contributed by atoms with E-state index in [0.717, 1.165) is 5.88 Å². The highest BCUT2D eigenvalue weighted by Crippen LogP contribution is 1.97. The van der Waals surface area contributed by atoms with E-state index in [-0.39, 0.29) is 0 Å². The van der Waals surface area contributed by atoms with Crippen LogP contribution in [0.2, 0.25) is 0 Å². The van der Waals surface area contributed by atoms with Gasteiger partial charge in [0.05, 0.1) is 12.3 Å². The number of hydrogen-bond acceptors (Lipinski definition) is 1. The summed E-state index contributed by atoms with van der Waals surface area (Å²) in [6.07, 6.45) is 5.55. The lowest BCUT2D eigenvalue weighted by Gasteiger charge is -1.85. The SMILES string of the molecule is c1cc[n+](-c2ccco2)cc1. The standard InChI is InChI=1S/C9H8NO/c1-2-6-10(7-3-1)9-5-4-8-11-9/h1-8H/q+1. The Morgan fingerprint density at radius 1 is 1.00 bits per heavy atom. The van der Waals surface area contributed by atoms with Gasteiger partial charge >= 0.3 is 5.88 Å². The predicted octanol–water partition coefficient (Wildman–Crippen LogP) is 1.56. The summed E-state index contributed by atoms with van der Waals surface area (Å²) >= 11 is 0. The number of rotatable bonds is 1. The number of pyridine rings is 1. The van der Waals surface area contributed by atoms with E-state index < -0.39 is 0 Å². The summed E-state index contributed by atoms with van der Waals surface area (Å²) in [5.41, 5.74) is 0. The van der Waals surface area contributed by atoms with Gasteiger partial charge in [-0.3, -0.25) is 0 Å². The Kier molecular flexibility index (Phi) is 1.44. The molecule has 54 valence electrons. The lowest BCUT2D eigenvalue weighted by molar-refractivity contribution is -0.609. The average Bonchev–Trinajstić information content (AvgIpc) is 2.58. The molecular weight excluding hydrogens is 138 g/mol. The molecule has 2 nitrogen and oxygen atoms in total. The lowest BCUT2D eigenvalue weighted by Crippen LogP contribution is -2.27. The molecule has 0 atom stereocenters. The van der Waals surface area contributed by atoms with Crippen molar-refractivity contribution in [3.8, 4) is 5.88 Å². The van der Waals surface area contributed by atoms with E-state index in [4.69, 9.17) is 4.42 Å². The van der Waals surface area contributed by atoms with Crippen molar-refractivity contribution >= 4 is 0 Å². The minimum Gasteiger partial charge on any atom is -0.413 e. The largest absolute Gasteiger partial charge is 0.413 e. The Bertz CT molecular complexity index is 313. The molecule has 2 heteroatoms. The summed E-state index contributed by atoms with van der Waals surface area (Å²) < 4.78 is 7.10. The third-order valence-electron chi connectivity index (χ3n) is 1.48. The van der Waals surface area contributed by atoms with Gasteiger partial charge in [0.1, 0.15) is 0 Å². The van der Waals surface area contributed by atoms with Crippen LogP contribution in [0.5, 0.6) is 0 Å². The van der Waals surface area contributed by atoms with Crippen molar-refractivity contribution in [1.29, 1.82) is 0 Å². The normalized spacial score (nSPS) is 9.82. The van der Waals surface area contributed by atoms with Gasteiger partial charge in [-0.05, 0) is 6.07 Å². The van der Waals surface area contributed by atoms with Crippen molar-refractivity contribution in [3.63, 3.8) is 0 Å². The molecule has 0 bridgehead atoms. The maximum absolute atomic E-state index is 5.18. The van der Waals surface area contributed by atoms with Gasteiger partial charge in [0.15, 0.2) is 12.4 Å². The zero-order chi connectivity index (χ0) is 7.52. The van der Waals surface area contributed by atoms with Crippen LogP contribution in [0.15, 0.2) is 53.4 Å². The third-order valence-corrected chi connectivity index (χ3v) is 1.48. The summed E-state index contributed by atoms with van der Waals surface area (Å²) in [5, 5.41) is 0. The van der Waals surface area contributed by atoms with Crippen LogP contribution in [0.4, 0.5) is 0 Å². The fraction of sp³-hybridized carbons (Fsp3) is 0. The minimum absolute atomic E-state index is 0.839. The molecule has 2 heterocycles. The van der Waals surface area contributed by atoms with Crippen molar-refractivity contribution < 1.29 is 8.98 Å². The first-order chi connectivity index (χ1) is 5.47. The minimum atomic E-state index is 0.839. The van der Waals surface area contributed by atoms with Crippen molar-refractivity contribution in [3.05, 3.63) is 49.0 Å². The molecule has 0 radical (unpaired) electrons. The summed E-state index contributed by atoms with van der Waals surface area (Å²) in [6, 6.07) is 9.68. The predicted molar refractivity (Wildman–Crippen MR) is 40.2 cm³/mol. The zero-order valence-corrected chi connectivity index (χ0v) is 5.97. The Morgan fingerprint density at radius 2 is 1.82 bits per heavy atom. The Morgan fingerprint density at radius 3 is 2.45 bits per heavy atom. The molecule has 2 rings (SSSR count). The van der Waals surface area contributed by atoms with Crippen LogP contribution in [0.3, 0.4) is 0 Å². The Labute approximate surface area is 64.7 Å². The molecule has 0 N–H and O–H groups in total. The van der Waals surface area contributed by atoms with Gasteiger partial charge in [-0.25, -0.2) is 0 Å². The van der Waals surface area contributed by atoms with E-state index in [1.165, 1.54) is 0 Å². The van der Waals surface area contributed by atoms with E-state index in [1.54, 1.807) is 6.26 Å². The highest BCUT2D eigenvalue weighted by atomic mass is 16.3. The molecule has 0 saturated carbocycles. The Hall–Kier alpha value is -1.57. The van der Waals surface area contributed by atoms with Gasteiger partial charge < -0.3 is 4.42 Å². The van der Waals surface area contributed by atoms with Gasteiger partial charge in [-0.2, -0.15) is 0 Å². The smallest absolute Gasteiger partial charge is 0.378 e. The van der Waals surface area contributed by atoms with Crippen LogP contribution in [-0.4, -0.2) is 0 Å². The zero-order valence-electron chi connectivity index (χ0n) is 5.97. The average molecular weight is 146 g/mol. The van der Waals surface area contributed by atoms with Crippen LogP contribution < -0.4 is 4.57 Å². The molecular formula is C9H8NO+. The number of nitrogens with zero attached hydrogens (tertiary/aromatic N) is 1. The van der Waals surface area contributed by atoms with Gasteiger partial charge in [-0.1, -0.05) is 6.07 Å². The molecule has 11 heavy (non-hydrogen) atoms. The van der Waals surface area contributed by atoms with E-state index in [9.17, 15) is 0 Å². The van der Waals surface area contributed by atoms with Crippen molar-refractivity contribution in [2.75, 3.05) is 0 Å². The fourth-order valence-corrected chi connectivity index (χ4v) is 0.962. The van der Waals surface area contributed by atoms with Gasteiger partial charge in [0, 0.05) is 12.1 Å². The molecule has 0 unspecified atom stereocenters. The monoisotopic (exact) mass is 146 g/mol. The number of hydrogen-bond donors (Lipinski definition) is 0. The van der Waals surface area contributed by atoms with E-state index >= 15 is 0 Å². The summed E-state index contributed by atoms with van der Waals surface area (Å²) in [4.78, 5) is 0. The maximum atomic E-state index is 5.18. The Balaban J connectivity index is 2.46. The molecule has 0 saturated heterocycles. The van der Waals surface area contributed by atoms with Crippen molar-refractivity contribution in [2.24, 2.45) is 0 Å². The second-order valence-corrected chi connectivity index (χ2v) is 2.23. The van der Waals surface area contributed by atoms with E-state index in [1.807, 2.05) is 47.3 Å². The molecule has 0 spiro atoms. The van der Waals surface area contributed by atoms with Crippen LogP contribution >= 0.6 is 0 Å². The van der Waals surface area contributed by atoms with Crippen LogP contribution in [0.1, 0.15) is 0 Å². The van der Waals surface area contributed by atoms with Gasteiger partial charge in [0.2, 0.25) is 0 Å². The van der Waals surface area contributed by atoms with Gasteiger partial charge in [0.25, 0.3) is 0 Å². The highest BCUT2D eigenvalue weighted by Gasteiger charge is 2.04. The fourth-order valence-electron chi connectivity index (χ4n) is 0.962. The van der Waals surface area contributed by atoms with Crippen LogP contribution in [0, 0.1) is 0 Å². The topological polar surface area (TPSA) is 17.0 Å². The first-order valence-electron chi connectivity index (χ1n) is 3.47. The second-order valence-electron chi connectivity index (χ2n) is 2.23. The van der Waals surface area contributed by atoms with Crippen LogP contribution in [0.25, 0.3) is 5.88 Å². The summed E-state index contributed by atoms with van der Waals surface area (Å²) in [7, 11) is 0. The molecule has 0 aromatic carbocycles. The molecule has 0 aliphatic rings. The summed E-state index contributed by atoms with van der Waals surface area (Å²) in [6.45, 7) is 0. The molecule has 2 aromatic rings. The maximum Gasteiger partial charge on any atom is 0.378 e. The molecule has 0 amide bonds. The molecule has 0 aliphatic carbocycles. The summed E-state index contributed by atoms with van der Waals surface area (Å²) in [5.74, 6) is 0.839. The van der Waals surface area contributed by atoms with Gasteiger partial charge in [-0.15, -0.1) is 4.57 Å². The van der Waals surface area contributed by atoms with E-state index in [0.29, 0.717) is 0 Å². The molecule has 2 aromatic heterocycles. The first-order valence-corrected chi connectivity index (χ1v) is 3.47. The number of aromatic nitrogens is 1. The second kappa shape index (κ2) is 2.58.